The summed E-state index contributed by atoms with van der Waals surface area (Å²) in [7, 11) is -3.97. The number of nitrogens with one attached hydrogen (secondary N) is 1. The second-order valence-electron chi connectivity index (χ2n) is 6.47. The molecule has 5 nitrogen and oxygen atoms in total. The van der Waals surface area contributed by atoms with E-state index in [9.17, 15) is 26.4 Å². The van der Waals surface area contributed by atoms with E-state index in [2.05, 4.69) is 4.72 Å². The monoisotopic (exact) mass is 466 g/mol. The van der Waals surface area contributed by atoms with E-state index in [1.807, 2.05) is 0 Å². The van der Waals surface area contributed by atoms with Crippen molar-refractivity contribution in [2.24, 2.45) is 0 Å². The van der Waals surface area contributed by atoms with Crippen molar-refractivity contribution in [2.75, 3.05) is 6.54 Å². The van der Waals surface area contributed by atoms with Crippen LogP contribution in [0.25, 0.3) is 0 Å². The highest BCUT2D eigenvalue weighted by Crippen LogP contribution is 2.27. The van der Waals surface area contributed by atoms with Crippen LogP contribution in [0.2, 0.25) is 10.0 Å². The zero-order valence-corrected chi connectivity index (χ0v) is 17.1. The minimum Gasteiger partial charge on any atom is -0.330 e. The Labute approximate surface area is 175 Å². The highest BCUT2D eigenvalue weighted by atomic mass is 35.5. The summed E-state index contributed by atoms with van der Waals surface area (Å²) in [5.41, 5.74) is 1.54. The van der Waals surface area contributed by atoms with Crippen molar-refractivity contribution in [1.82, 2.24) is 9.62 Å². The summed E-state index contributed by atoms with van der Waals surface area (Å²) in [6.45, 7) is -0.502. The maximum Gasteiger partial charge on any atom is 0.471 e. The maximum absolute atomic E-state index is 12.7. The molecule has 0 radical (unpaired) electrons. The molecule has 1 amide bonds. The van der Waals surface area contributed by atoms with Crippen LogP contribution in [0.5, 0.6) is 0 Å². The number of sulfonamides is 1. The van der Waals surface area contributed by atoms with Gasteiger partial charge < -0.3 is 4.90 Å². The van der Waals surface area contributed by atoms with Gasteiger partial charge in [0, 0.05) is 29.7 Å². The minimum atomic E-state index is -4.97. The average molecular weight is 467 g/mol. The van der Waals surface area contributed by atoms with Crippen LogP contribution in [0.4, 0.5) is 13.2 Å². The lowest BCUT2D eigenvalue weighted by Gasteiger charge is -2.29. The van der Waals surface area contributed by atoms with E-state index >= 15 is 0 Å². The van der Waals surface area contributed by atoms with Crippen molar-refractivity contribution >= 4 is 39.1 Å². The second kappa shape index (κ2) is 8.14. The van der Waals surface area contributed by atoms with Gasteiger partial charge in [0.15, 0.2) is 0 Å². The molecule has 1 heterocycles. The number of carbonyl (C=O) groups is 1. The summed E-state index contributed by atoms with van der Waals surface area (Å²) < 4.78 is 65.7. The first-order valence-corrected chi connectivity index (χ1v) is 10.6. The lowest BCUT2D eigenvalue weighted by atomic mass is 10.00. The van der Waals surface area contributed by atoms with Gasteiger partial charge in [0.25, 0.3) is 0 Å². The van der Waals surface area contributed by atoms with Crippen molar-refractivity contribution in [3.05, 3.63) is 63.1 Å². The average Bonchev–Trinajstić information content (AvgIpc) is 2.66. The van der Waals surface area contributed by atoms with Crippen molar-refractivity contribution < 1.29 is 26.4 Å². The molecule has 0 bridgehead atoms. The summed E-state index contributed by atoms with van der Waals surface area (Å²) in [6.07, 6.45) is -4.76. The molecule has 2 aromatic rings. The molecular formula is C18H15Cl2F3N2O3S. The SMILES string of the molecule is O=C(N1CCc2ccc(S(=O)(=O)NCc3cc(Cl)ccc3Cl)cc2C1)C(F)(F)F. The molecule has 0 aromatic heterocycles. The number of carbonyl (C=O) groups excluding carboxylic acids is 1. The first-order valence-electron chi connectivity index (χ1n) is 8.39. The van der Waals surface area contributed by atoms with Crippen LogP contribution in [0.15, 0.2) is 41.3 Å². The largest absolute Gasteiger partial charge is 0.471 e. The quantitative estimate of drug-likeness (QED) is 0.742. The third-order valence-electron chi connectivity index (χ3n) is 4.49. The predicted octanol–water partition coefficient (Wildman–Crippen LogP) is 3.92. The van der Waals surface area contributed by atoms with E-state index in [0.29, 0.717) is 31.6 Å². The molecule has 1 aliphatic heterocycles. The van der Waals surface area contributed by atoms with Gasteiger partial charge in [0.1, 0.15) is 0 Å². The van der Waals surface area contributed by atoms with Crippen LogP contribution in [-0.4, -0.2) is 31.9 Å². The Morgan fingerprint density at radius 3 is 2.52 bits per heavy atom. The number of benzene rings is 2. The fourth-order valence-electron chi connectivity index (χ4n) is 2.99. The molecule has 2 aromatic carbocycles. The highest BCUT2D eigenvalue weighted by Gasteiger charge is 2.43. The molecule has 0 unspecified atom stereocenters. The minimum absolute atomic E-state index is 0.0804. The van der Waals surface area contributed by atoms with Crippen LogP contribution in [0, 0.1) is 0 Å². The van der Waals surface area contributed by atoms with Crippen molar-refractivity contribution in [3.63, 3.8) is 0 Å². The van der Waals surface area contributed by atoms with Gasteiger partial charge in [-0.15, -0.1) is 0 Å². The Balaban J connectivity index is 1.79. The molecule has 29 heavy (non-hydrogen) atoms. The van der Waals surface area contributed by atoms with E-state index in [1.54, 1.807) is 18.2 Å². The van der Waals surface area contributed by atoms with Crippen molar-refractivity contribution in [2.45, 2.75) is 30.6 Å². The maximum atomic E-state index is 12.7. The summed E-state index contributed by atoms with van der Waals surface area (Å²) in [6, 6.07) is 8.85. The molecule has 156 valence electrons. The number of hydrogen-bond acceptors (Lipinski definition) is 3. The lowest BCUT2D eigenvalue weighted by Crippen LogP contribution is -2.43. The van der Waals surface area contributed by atoms with E-state index < -0.39 is 22.1 Å². The van der Waals surface area contributed by atoms with Gasteiger partial charge in [-0.2, -0.15) is 13.2 Å². The zero-order chi connectivity index (χ0) is 21.4. The summed E-state index contributed by atoms with van der Waals surface area (Å²) in [4.78, 5) is 12.0. The fraction of sp³-hybridized carbons (Fsp3) is 0.278. The molecule has 0 atom stereocenters. The summed E-state index contributed by atoms with van der Waals surface area (Å²) >= 11 is 11.9. The standard InChI is InChI=1S/C18H15Cl2F3N2O3S/c19-14-2-4-16(20)12(7-14)9-24-29(27,28)15-3-1-11-5-6-25(10-13(11)8-15)17(26)18(21,22)23/h1-4,7-8,24H,5-6,9-10H2. The number of hydrogen-bond donors (Lipinski definition) is 1. The molecule has 3 rings (SSSR count). The molecule has 1 aliphatic rings. The molecule has 11 heteroatoms. The van der Waals surface area contributed by atoms with Crippen LogP contribution < -0.4 is 4.72 Å². The van der Waals surface area contributed by atoms with Gasteiger partial charge in [0.05, 0.1) is 4.90 Å². The Morgan fingerprint density at radius 2 is 1.83 bits per heavy atom. The van der Waals surface area contributed by atoms with E-state index in [1.165, 1.54) is 18.2 Å². The van der Waals surface area contributed by atoms with Gasteiger partial charge in [-0.1, -0.05) is 29.3 Å². The number of alkyl halides is 3. The predicted molar refractivity (Wildman–Crippen MR) is 102 cm³/mol. The van der Waals surface area contributed by atoms with Gasteiger partial charge in [-0.3, -0.25) is 4.79 Å². The topological polar surface area (TPSA) is 66.5 Å². The normalized spacial score (nSPS) is 14.6. The van der Waals surface area contributed by atoms with E-state index in [-0.39, 0.29) is 31.0 Å². The Bertz CT molecular complexity index is 1060. The van der Waals surface area contributed by atoms with Gasteiger partial charge in [-0.25, -0.2) is 13.1 Å². The highest BCUT2D eigenvalue weighted by molar-refractivity contribution is 7.89. The third kappa shape index (κ3) is 5.03. The summed E-state index contributed by atoms with van der Waals surface area (Å²) in [5.74, 6) is -1.94. The number of rotatable bonds is 4. The van der Waals surface area contributed by atoms with E-state index in [4.69, 9.17) is 23.2 Å². The van der Waals surface area contributed by atoms with Crippen molar-refractivity contribution in [3.8, 4) is 0 Å². The fourth-order valence-corrected chi connectivity index (χ4v) is 4.42. The zero-order valence-electron chi connectivity index (χ0n) is 14.8. The van der Waals surface area contributed by atoms with Gasteiger partial charge >= 0.3 is 12.1 Å². The number of nitrogens with zero attached hydrogens (tertiary/aromatic N) is 1. The van der Waals surface area contributed by atoms with E-state index in [0.717, 1.165) is 0 Å². The number of fused-ring (bicyclic) bond motifs is 1. The third-order valence-corrected chi connectivity index (χ3v) is 6.49. The molecule has 0 aliphatic carbocycles. The summed E-state index contributed by atoms with van der Waals surface area (Å²) in [5, 5.41) is 0.732. The molecule has 1 N–H and O–H groups in total. The second-order valence-corrected chi connectivity index (χ2v) is 9.08. The first-order chi connectivity index (χ1) is 13.5. The van der Waals surface area contributed by atoms with Crippen LogP contribution in [0.1, 0.15) is 16.7 Å². The van der Waals surface area contributed by atoms with Crippen LogP contribution in [0.3, 0.4) is 0 Å². The smallest absolute Gasteiger partial charge is 0.330 e. The van der Waals surface area contributed by atoms with Gasteiger partial charge in [-0.05, 0) is 53.4 Å². The van der Waals surface area contributed by atoms with Crippen LogP contribution in [-0.2, 0) is 34.3 Å². The molecule has 0 saturated carbocycles. The Kier molecular flexibility index (Phi) is 6.14. The lowest BCUT2D eigenvalue weighted by molar-refractivity contribution is -0.186. The van der Waals surface area contributed by atoms with Gasteiger partial charge in [0.2, 0.25) is 10.0 Å². The molecular weight excluding hydrogens is 452 g/mol. The number of amides is 1. The Hall–Kier alpha value is -1.81. The van der Waals surface area contributed by atoms with Crippen LogP contribution >= 0.6 is 23.2 Å². The number of halogens is 5. The molecule has 0 saturated heterocycles. The molecule has 0 spiro atoms. The first kappa shape index (κ1) is 21.9. The molecule has 0 fully saturated rings. The van der Waals surface area contributed by atoms with Crippen molar-refractivity contribution in [1.29, 1.82) is 0 Å². The Morgan fingerprint density at radius 1 is 1.10 bits per heavy atom.